The average Bonchev–Trinajstić information content (AvgIpc) is 3.05. The number of nitrogens with zero attached hydrogens (tertiary/aromatic N) is 1. The monoisotopic (exact) mass is 696 g/mol. The van der Waals surface area contributed by atoms with E-state index in [4.69, 9.17) is 25.8 Å². The van der Waals surface area contributed by atoms with E-state index in [1.54, 1.807) is 62.5 Å². The molecule has 0 unspecified atom stereocenters. The fourth-order valence-corrected chi connectivity index (χ4v) is 5.31. The van der Waals surface area contributed by atoms with Crippen LogP contribution in [-0.4, -0.2) is 73.5 Å². The van der Waals surface area contributed by atoms with Crippen molar-refractivity contribution in [2.24, 2.45) is 5.92 Å². The topological polar surface area (TPSA) is 135 Å². The lowest BCUT2D eigenvalue weighted by Gasteiger charge is -2.26. The number of hydrogen-bond acceptors (Lipinski definition) is 7. The molecule has 0 saturated heterocycles. The van der Waals surface area contributed by atoms with Gasteiger partial charge in [0.05, 0.1) is 18.2 Å². The highest BCUT2D eigenvalue weighted by Gasteiger charge is 2.29. The SMILES string of the molecule is CC(C)C[C@@H]1NC(=O)CC[C@@H](C(=O)N[C@H](C)COc2ccc(F)cc2Oc2cccc(Cl)c2)NC(=O)c2ccccc2OCCN(C)C1=O. The summed E-state index contributed by atoms with van der Waals surface area (Å²) in [5.74, 6) is -1.18. The molecule has 262 valence electrons. The maximum absolute atomic E-state index is 14.1. The molecule has 0 radical (unpaired) electrons. The summed E-state index contributed by atoms with van der Waals surface area (Å²) in [6.45, 7) is 5.92. The number of fused-ring (bicyclic) bond motifs is 1. The molecule has 3 aromatic carbocycles. The number of likely N-dealkylation sites (N-methyl/N-ethyl adjacent to an activating group) is 1. The van der Waals surface area contributed by atoms with Gasteiger partial charge < -0.3 is 35.1 Å². The molecule has 3 aromatic rings. The molecule has 0 aromatic heterocycles. The van der Waals surface area contributed by atoms with Gasteiger partial charge in [0.25, 0.3) is 5.91 Å². The highest BCUT2D eigenvalue weighted by molar-refractivity contribution is 6.30. The molecular formula is C36H42ClFN4O7. The second-order valence-electron chi connectivity index (χ2n) is 12.3. The van der Waals surface area contributed by atoms with Crippen molar-refractivity contribution in [1.29, 1.82) is 0 Å². The molecule has 1 aliphatic rings. The van der Waals surface area contributed by atoms with Crippen molar-refractivity contribution in [2.45, 2.75) is 58.2 Å². The molecule has 3 N–H and O–H groups in total. The molecule has 13 heteroatoms. The molecular weight excluding hydrogens is 655 g/mol. The van der Waals surface area contributed by atoms with Gasteiger partial charge in [0.2, 0.25) is 17.7 Å². The Morgan fingerprint density at radius 1 is 1.04 bits per heavy atom. The summed E-state index contributed by atoms with van der Waals surface area (Å²) >= 11 is 6.05. The van der Waals surface area contributed by atoms with Crippen LogP contribution in [0.4, 0.5) is 4.39 Å². The summed E-state index contributed by atoms with van der Waals surface area (Å²) in [6.07, 6.45) is 0.247. The lowest BCUT2D eigenvalue weighted by atomic mass is 10.0. The maximum atomic E-state index is 14.1. The minimum atomic E-state index is -1.12. The third-order valence-corrected chi connectivity index (χ3v) is 7.86. The second kappa shape index (κ2) is 17.5. The number of carbonyl (C=O) groups excluding carboxylic acids is 4. The van der Waals surface area contributed by atoms with E-state index >= 15 is 0 Å². The quantitative estimate of drug-likeness (QED) is 0.283. The third-order valence-electron chi connectivity index (χ3n) is 7.62. The molecule has 0 bridgehead atoms. The second-order valence-corrected chi connectivity index (χ2v) is 12.7. The van der Waals surface area contributed by atoms with Crippen LogP contribution >= 0.6 is 11.6 Å². The predicted molar refractivity (Wildman–Crippen MR) is 182 cm³/mol. The molecule has 4 amide bonds. The van der Waals surface area contributed by atoms with Crippen LogP contribution in [0.25, 0.3) is 0 Å². The highest BCUT2D eigenvalue weighted by atomic mass is 35.5. The number of benzene rings is 3. The van der Waals surface area contributed by atoms with Gasteiger partial charge in [-0.2, -0.15) is 0 Å². The van der Waals surface area contributed by atoms with E-state index in [0.29, 0.717) is 22.9 Å². The molecule has 0 fully saturated rings. The van der Waals surface area contributed by atoms with Gasteiger partial charge in [-0.05, 0) is 68.1 Å². The first kappa shape index (κ1) is 37.0. The standard InChI is InChI=1S/C36H42ClFN4O7/c1-22(2)18-29-36(46)42(4)16-17-47-30-11-6-5-10-27(30)34(44)41-28(13-15-33(43)40-29)35(45)39-23(3)21-48-31-14-12-25(38)20-32(31)49-26-9-7-8-24(37)19-26/h5-12,14,19-20,22-23,28-29H,13,15-18,21H2,1-4H3,(H,39,45)(H,40,43)(H,41,44)/t23-,28+,29+/m1/s1. The number of rotatable bonds is 9. The Hall–Kier alpha value is -4.84. The van der Waals surface area contributed by atoms with Crippen LogP contribution in [0.3, 0.4) is 0 Å². The van der Waals surface area contributed by atoms with Gasteiger partial charge in [0, 0.05) is 24.6 Å². The normalized spacial score (nSPS) is 18.2. The summed E-state index contributed by atoms with van der Waals surface area (Å²) in [5.41, 5.74) is 0.200. The van der Waals surface area contributed by atoms with Crippen LogP contribution < -0.4 is 30.2 Å². The molecule has 0 aliphatic carbocycles. The zero-order chi connectivity index (χ0) is 35.5. The molecule has 4 rings (SSSR count). The van der Waals surface area contributed by atoms with Crippen molar-refractivity contribution in [3.05, 3.63) is 83.1 Å². The first-order valence-corrected chi connectivity index (χ1v) is 16.5. The maximum Gasteiger partial charge on any atom is 0.255 e. The van der Waals surface area contributed by atoms with Crippen molar-refractivity contribution >= 4 is 35.2 Å². The van der Waals surface area contributed by atoms with Crippen LogP contribution in [0, 0.1) is 11.7 Å². The van der Waals surface area contributed by atoms with Gasteiger partial charge in [-0.1, -0.05) is 43.6 Å². The number of amides is 4. The number of para-hydroxylation sites is 1. The van der Waals surface area contributed by atoms with Crippen LogP contribution in [0.2, 0.25) is 5.02 Å². The van der Waals surface area contributed by atoms with Crippen LogP contribution in [0.5, 0.6) is 23.0 Å². The lowest BCUT2D eigenvalue weighted by molar-refractivity contribution is -0.136. The molecule has 11 nitrogen and oxygen atoms in total. The van der Waals surface area contributed by atoms with Crippen LogP contribution in [0.15, 0.2) is 66.7 Å². The highest BCUT2D eigenvalue weighted by Crippen LogP contribution is 2.33. The Bertz CT molecular complexity index is 1640. The molecule has 0 saturated carbocycles. The van der Waals surface area contributed by atoms with Gasteiger partial charge in [-0.15, -0.1) is 0 Å². The number of nitrogens with one attached hydrogen (secondary N) is 3. The summed E-state index contributed by atoms with van der Waals surface area (Å²) in [6, 6.07) is 14.6. The van der Waals surface area contributed by atoms with Crippen LogP contribution in [-0.2, 0) is 14.4 Å². The molecule has 1 heterocycles. The number of halogens is 2. The van der Waals surface area contributed by atoms with E-state index in [-0.39, 0.29) is 61.5 Å². The van der Waals surface area contributed by atoms with Gasteiger partial charge >= 0.3 is 0 Å². The van der Waals surface area contributed by atoms with E-state index < -0.39 is 41.7 Å². The Balaban J connectivity index is 1.48. The van der Waals surface area contributed by atoms with Gasteiger partial charge in [0.1, 0.15) is 42.6 Å². The zero-order valence-electron chi connectivity index (χ0n) is 28.0. The van der Waals surface area contributed by atoms with Gasteiger partial charge in [-0.25, -0.2) is 4.39 Å². The minimum Gasteiger partial charge on any atom is -0.491 e. The van der Waals surface area contributed by atoms with E-state index in [0.717, 1.165) is 0 Å². The molecule has 3 atom stereocenters. The third kappa shape index (κ3) is 11.1. The predicted octanol–water partition coefficient (Wildman–Crippen LogP) is 5.12. The van der Waals surface area contributed by atoms with Crippen molar-refractivity contribution in [2.75, 3.05) is 26.8 Å². The average molecular weight is 697 g/mol. The van der Waals surface area contributed by atoms with E-state index in [2.05, 4.69) is 16.0 Å². The van der Waals surface area contributed by atoms with Crippen molar-refractivity contribution in [3.8, 4) is 23.0 Å². The Morgan fingerprint density at radius 3 is 2.57 bits per heavy atom. The first-order chi connectivity index (χ1) is 23.4. The van der Waals surface area contributed by atoms with E-state index in [9.17, 15) is 23.6 Å². The Morgan fingerprint density at radius 2 is 1.82 bits per heavy atom. The summed E-state index contributed by atoms with van der Waals surface area (Å²) < 4.78 is 31.7. The first-order valence-electron chi connectivity index (χ1n) is 16.1. The smallest absolute Gasteiger partial charge is 0.255 e. The van der Waals surface area contributed by atoms with E-state index in [1.165, 1.54) is 23.1 Å². The fraction of sp³-hybridized carbons (Fsp3) is 0.389. The lowest BCUT2D eigenvalue weighted by Crippen LogP contribution is -2.51. The van der Waals surface area contributed by atoms with Crippen molar-refractivity contribution in [3.63, 3.8) is 0 Å². The van der Waals surface area contributed by atoms with Crippen molar-refractivity contribution in [1.82, 2.24) is 20.9 Å². The number of carbonyl (C=O) groups is 4. The summed E-state index contributed by atoms with van der Waals surface area (Å²) in [7, 11) is 1.64. The largest absolute Gasteiger partial charge is 0.491 e. The molecule has 0 spiro atoms. The van der Waals surface area contributed by atoms with Gasteiger partial charge in [0.15, 0.2) is 11.5 Å². The molecule has 49 heavy (non-hydrogen) atoms. The van der Waals surface area contributed by atoms with Gasteiger partial charge in [-0.3, -0.25) is 19.2 Å². The Labute approximate surface area is 290 Å². The molecule has 1 aliphatic heterocycles. The van der Waals surface area contributed by atoms with Crippen LogP contribution in [0.1, 0.15) is 50.4 Å². The summed E-state index contributed by atoms with van der Waals surface area (Å²) in [5, 5.41) is 8.83. The zero-order valence-corrected chi connectivity index (χ0v) is 28.7. The number of ether oxygens (including phenoxy) is 3. The fourth-order valence-electron chi connectivity index (χ4n) is 5.13. The minimum absolute atomic E-state index is 0.0341. The Kier molecular flexibility index (Phi) is 13.2. The van der Waals surface area contributed by atoms with E-state index in [1.807, 2.05) is 13.8 Å². The number of hydrogen-bond donors (Lipinski definition) is 3. The van der Waals surface area contributed by atoms with Crippen molar-refractivity contribution < 1.29 is 37.8 Å². The summed E-state index contributed by atoms with van der Waals surface area (Å²) in [4.78, 5) is 54.8.